The Morgan fingerprint density at radius 3 is 2.78 bits per heavy atom. The first-order chi connectivity index (χ1) is 8.84. The highest BCUT2D eigenvalue weighted by Gasteiger charge is 2.20. The van der Waals surface area contributed by atoms with Gasteiger partial charge in [-0.05, 0) is 24.4 Å². The molecule has 3 heteroatoms. The predicted molar refractivity (Wildman–Crippen MR) is 72.3 cm³/mol. The Hall–Kier alpha value is -0.900. The van der Waals surface area contributed by atoms with Crippen LogP contribution in [0, 0.1) is 5.92 Å². The fourth-order valence-electron chi connectivity index (χ4n) is 1.93. The van der Waals surface area contributed by atoms with E-state index in [2.05, 4.69) is 5.32 Å². The van der Waals surface area contributed by atoms with E-state index in [4.69, 9.17) is 4.74 Å². The van der Waals surface area contributed by atoms with Crippen LogP contribution in [0.2, 0.25) is 0 Å². The van der Waals surface area contributed by atoms with Gasteiger partial charge in [-0.25, -0.2) is 0 Å². The van der Waals surface area contributed by atoms with Gasteiger partial charge in [0.25, 0.3) is 0 Å². The van der Waals surface area contributed by atoms with Gasteiger partial charge in [0.15, 0.2) is 0 Å². The Labute approximate surface area is 109 Å². The lowest BCUT2D eigenvalue weighted by Gasteiger charge is -2.12. The third kappa shape index (κ3) is 5.63. The molecule has 18 heavy (non-hydrogen) atoms. The van der Waals surface area contributed by atoms with E-state index in [9.17, 15) is 5.11 Å². The van der Waals surface area contributed by atoms with Crippen LogP contribution in [0.3, 0.4) is 0 Å². The molecular weight excluding hydrogens is 226 g/mol. The van der Waals surface area contributed by atoms with Crippen molar-refractivity contribution in [3.63, 3.8) is 0 Å². The van der Waals surface area contributed by atoms with Crippen molar-refractivity contribution in [3.8, 4) is 0 Å². The second kappa shape index (κ2) is 7.52. The van der Waals surface area contributed by atoms with E-state index in [1.165, 1.54) is 19.3 Å². The fourth-order valence-corrected chi connectivity index (χ4v) is 1.93. The van der Waals surface area contributed by atoms with Crippen molar-refractivity contribution in [1.29, 1.82) is 0 Å². The second-order valence-corrected chi connectivity index (χ2v) is 5.09. The quantitative estimate of drug-likeness (QED) is 0.657. The number of aliphatic hydroxyl groups is 1. The minimum absolute atomic E-state index is 0.394. The number of rotatable bonds is 9. The van der Waals surface area contributed by atoms with Crippen LogP contribution in [0.5, 0.6) is 0 Å². The summed E-state index contributed by atoms with van der Waals surface area (Å²) in [6, 6.07) is 10.0. The Bertz CT molecular complexity index is 325. The molecule has 0 amide bonds. The van der Waals surface area contributed by atoms with E-state index in [0.29, 0.717) is 19.8 Å². The molecule has 2 rings (SSSR count). The summed E-state index contributed by atoms with van der Waals surface area (Å²) in [5.74, 6) is 0.948. The number of hydrogen-bond donors (Lipinski definition) is 2. The third-order valence-corrected chi connectivity index (χ3v) is 3.23. The van der Waals surface area contributed by atoms with Gasteiger partial charge in [-0.15, -0.1) is 0 Å². The molecule has 1 saturated carbocycles. The first-order valence-electron chi connectivity index (χ1n) is 6.85. The molecule has 1 aliphatic carbocycles. The second-order valence-electron chi connectivity index (χ2n) is 5.09. The maximum Gasteiger partial charge on any atom is 0.0897 e. The molecule has 0 radical (unpaired) electrons. The topological polar surface area (TPSA) is 41.5 Å². The predicted octanol–water partition coefficient (Wildman–Crippen LogP) is 1.95. The highest BCUT2D eigenvalue weighted by Crippen LogP contribution is 2.31. The lowest BCUT2D eigenvalue weighted by molar-refractivity contribution is 0.0289. The van der Waals surface area contributed by atoms with Gasteiger partial charge < -0.3 is 15.2 Å². The van der Waals surface area contributed by atoms with Crippen molar-refractivity contribution >= 4 is 0 Å². The number of nitrogens with one attached hydrogen (secondary N) is 1. The monoisotopic (exact) mass is 249 g/mol. The molecule has 2 N–H and O–H groups in total. The zero-order valence-corrected chi connectivity index (χ0v) is 10.8. The Balaban J connectivity index is 1.47. The van der Waals surface area contributed by atoms with Gasteiger partial charge in [0.1, 0.15) is 0 Å². The fraction of sp³-hybridized carbons (Fsp3) is 0.600. The Morgan fingerprint density at radius 2 is 2.06 bits per heavy atom. The molecule has 0 bridgehead atoms. The van der Waals surface area contributed by atoms with Crippen LogP contribution in [0.25, 0.3) is 0 Å². The normalized spacial score (nSPS) is 16.7. The van der Waals surface area contributed by atoms with Crippen LogP contribution in [0.1, 0.15) is 24.8 Å². The van der Waals surface area contributed by atoms with Crippen molar-refractivity contribution < 1.29 is 9.84 Å². The van der Waals surface area contributed by atoms with E-state index in [-0.39, 0.29) is 0 Å². The van der Waals surface area contributed by atoms with Crippen LogP contribution in [-0.4, -0.2) is 30.9 Å². The number of benzene rings is 1. The van der Waals surface area contributed by atoms with Gasteiger partial charge in [-0.2, -0.15) is 0 Å². The summed E-state index contributed by atoms with van der Waals surface area (Å²) in [6.45, 7) is 2.60. The summed E-state index contributed by atoms with van der Waals surface area (Å²) in [4.78, 5) is 0. The molecule has 0 saturated heterocycles. The Kier molecular flexibility index (Phi) is 5.65. The highest BCUT2D eigenvalue weighted by molar-refractivity contribution is 5.13. The van der Waals surface area contributed by atoms with Crippen LogP contribution in [0.4, 0.5) is 0 Å². The van der Waals surface area contributed by atoms with E-state index < -0.39 is 6.10 Å². The standard InChI is InChI=1S/C15H23NO2/c17-15(10-16-9-8-13-6-7-13)12-18-11-14-4-2-1-3-5-14/h1-5,13,15-17H,6-12H2. The molecule has 1 aliphatic rings. The van der Waals surface area contributed by atoms with Crippen molar-refractivity contribution in [1.82, 2.24) is 5.32 Å². The van der Waals surface area contributed by atoms with Gasteiger partial charge >= 0.3 is 0 Å². The van der Waals surface area contributed by atoms with Crippen molar-refractivity contribution in [3.05, 3.63) is 35.9 Å². The minimum atomic E-state index is -0.409. The lowest BCUT2D eigenvalue weighted by Crippen LogP contribution is -2.31. The molecular formula is C15H23NO2. The molecule has 0 heterocycles. The van der Waals surface area contributed by atoms with Gasteiger partial charge in [0, 0.05) is 6.54 Å². The van der Waals surface area contributed by atoms with Gasteiger partial charge in [0.2, 0.25) is 0 Å². The van der Waals surface area contributed by atoms with E-state index in [0.717, 1.165) is 18.0 Å². The van der Waals surface area contributed by atoms with Crippen LogP contribution in [-0.2, 0) is 11.3 Å². The van der Waals surface area contributed by atoms with E-state index in [1.54, 1.807) is 0 Å². The maximum atomic E-state index is 9.72. The van der Waals surface area contributed by atoms with Gasteiger partial charge in [0.05, 0.1) is 19.3 Å². The SMILES string of the molecule is OC(CNCCC1CC1)COCc1ccccc1. The first-order valence-corrected chi connectivity index (χ1v) is 6.85. The summed E-state index contributed by atoms with van der Waals surface area (Å²) >= 11 is 0. The van der Waals surface area contributed by atoms with Crippen molar-refractivity contribution in [2.75, 3.05) is 19.7 Å². The molecule has 1 fully saturated rings. The average Bonchev–Trinajstić information content (AvgIpc) is 3.20. The number of aliphatic hydroxyl groups excluding tert-OH is 1. The smallest absolute Gasteiger partial charge is 0.0897 e. The summed E-state index contributed by atoms with van der Waals surface area (Å²) in [5, 5.41) is 13.0. The van der Waals surface area contributed by atoms with Gasteiger partial charge in [-0.1, -0.05) is 43.2 Å². The largest absolute Gasteiger partial charge is 0.389 e. The van der Waals surface area contributed by atoms with Gasteiger partial charge in [-0.3, -0.25) is 0 Å². The summed E-state index contributed by atoms with van der Waals surface area (Å²) in [6.07, 6.45) is 3.62. The van der Waals surface area contributed by atoms with Crippen LogP contribution in [0.15, 0.2) is 30.3 Å². The number of ether oxygens (including phenoxy) is 1. The molecule has 1 unspecified atom stereocenters. The molecule has 0 spiro atoms. The zero-order chi connectivity index (χ0) is 12.6. The van der Waals surface area contributed by atoms with Crippen molar-refractivity contribution in [2.24, 2.45) is 5.92 Å². The molecule has 100 valence electrons. The summed E-state index contributed by atoms with van der Waals surface area (Å²) in [5.41, 5.74) is 1.14. The third-order valence-electron chi connectivity index (χ3n) is 3.23. The van der Waals surface area contributed by atoms with E-state index >= 15 is 0 Å². The first kappa shape index (κ1) is 13.5. The molecule has 0 aliphatic heterocycles. The summed E-state index contributed by atoms with van der Waals surface area (Å²) in [7, 11) is 0. The Morgan fingerprint density at radius 1 is 1.28 bits per heavy atom. The molecule has 1 aromatic rings. The van der Waals surface area contributed by atoms with E-state index in [1.807, 2.05) is 30.3 Å². The maximum absolute atomic E-state index is 9.72. The average molecular weight is 249 g/mol. The molecule has 3 nitrogen and oxygen atoms in total. The summed E-state index contributed by atoms with van der Waals surface area (Å²) < 4.78 is 5.48. The van der Waals surface area contributed by atoms with Crippen LogP contribution < -0.4 is 5.32 Å². The molecule has 0 aromatic heterocycles. The lowest BCUT2D eigenvalue weighted by atomic mass is 10.2. The number of hydrogen-bond acceptors (Lipinski definition) is 3. The highest BCUT2D eigenvalue weighted by atomic mass is 16.5. The molecule has 1 aromatic carbocycles. The van der Waals surface area contributed by atoms with Crippen LogP contribution >= 0.6 is 0 Å². The minimum Gasteiger partial charge on any atom is -0.389 e. The zero-order valence-electron chi connectivity index (χ0n) is 10.8. The molecule has 1 atom stereocenters. The van der Waals surface area contributed by atoms with Crippen molar-refractivity contribution in [2.45, 2.75) is 32.0 Å².